The van der Waals surface area contributed by atoms with Gasteiger partial charge in [0.1, 0.15) is 17.0 Å². The molecular formula is C17H16N2O4S. The van der Waals surface area contributed by atoms with E-state index >= 15 is 0 Å². The van der Waals surface area contributed by atoms with Gasteiger partial charge in [0, 0.05) is 6.07 Å². The zero-order valence-electron chi connectivity index (χ0n) is 13.2. The highest BCUT2D eigenvalue weighted by atomic mass is 32.2. The Morgan fingerprint density at radius 3 is 2.79 bits per heavy atom. The van der Waals surface area contributed by atoms with Crippen LogP contribution >= 0.6 is 11.8 Å². The maximum absolute atomic E-state index is 12.2. The van der Waals surface area contributed by atoms with E-state index in [1.165, 1.54) is 11.8 Å². The number of carbonyl (C=O) groups is 1. The zero-order valence-corrected chi connectivity index (χ0v) is 14.1. The first-order valence-corrected chi connectivity index (χ1v) is 8.18. The van der Waals surface area contributed by atoms with E-state index in [1.54, 1.807) is 32.4 Å². The molecule has 1 heterocycles. The molecule has 3 rings (SSSR count). The normalized spacial score (nSPS) is 10.6. The lowest BCUT2D eigenvalue weighted by molar-refractivity contribution is -0.113. The van der Waals surface area contributed by atoms with E-state index in [2.05, 4.69) is 10.3 Å². The summed E-state index contributed by atoms with van der Waals surface area (Å²) in [5, 5.41) is 3.27. The Morgan fingerprint density at radius 2 is 2.04 bits per heavy atom. The lowest BCUT2D eigenvalue weighted by atomic mass is 10.2. The molecule has 0 aliphatic rings. The van der Waals surface area contributed by atoms with Crippen molar-refractivity contribution < 1.29 is 18.7 Å². The fourth-order valence-electron chi connectivity index (χ4n) is 2.14. The van der Waals surface area contributed by atoms with Gasteiger partial charge in [0.15, 0.2) is 5.58 Å². The van der Waals surface area contributed by atoms with E-state index in [0.717, 1.165) is 5.52 Å². The van der Waals surface area contributed by atoms with Crippen LogP contribution in [0.15, 0.2) is 52.1 Å². The van der Waals surface area contributed by atoms with Gasteiger partial charge in [0.2, 0.25) is 5.91 Å². The lowest BCUT2D eigenvalue weighted by Gasteiger charge is -2.11. The number of hydrogen-bond donors (Lipinski definition) is 1. The number of hydrogen-bond acceptors (Lipinski definition) is 6. The quantitative estimate of drug-likeness (QED) is 0.689. The van der Waals surface area contributed by atoms with Gasteiger partial charge in [0.25, 0.3) is 5.22 Å². The summed E-state index contributed by atoms with van der Waals surface area (Å²) in [4.78, 5) is 16.5. The highest BCUT2D eigenvalue weighted by Gasteiger charge is 2.12. The minimum Gasteiger partial charge on any atom is -0.497 e. The van der Waals surface area contributed by atoms with Gasteiger partial charge in [-0.1, -0.05) is 23.9 Å². The van der Waals surface area contributed by atoms with Gasteiger partial charge >= 0.3 is 0 Å². The van der Waals surface area contributed by atoms with E-state index in [9.17, 15) is 4.79 Å². The molecule has 0 aliphatic heterocycles. The first-order valence-electron chi connectivity index (χ1n) is 7.20. The Kier molecular flexibility index (Phi) is 4.90. The Hall–Kier alpha value is -2.67. The second-order valence-electron chi connectivity index (χ2n) is 4.85. The summed E-state index contributed by atoms with van der Waals surface area (Å²) in [5.74, 6) is 1.19. The summed E-state index contributed by atoms with van der Waals surface area (Å²) in [6.45, 7) is 0. The fraction of sp³-hybridized carbons (Fsp3) is 0.176. The third-order valence-corrected chi connectivity index (χ3v) is 4.11. The van der Waals surface area contributed by atoms with Crippen LogP contribution in [0, 0.1) is 0 Å². The van der Waals surface area contributed by atoms with Crippen LogP contribution in [0.2, 0.25) is 0 Å². The largest absolute Gasteiger partial charge is 0.497 e. The molecule has 0 unspecified atom stereocenters. The molecule has 7 heteroatoms. The molecule has 0 bridgehead atoms. The second-order valence-corrected chi connectivity index (χ2v) is 5.78. The number of thioether (sulfide) groups is 1. The van der Waals surface area contributed by atoms with Gasteiger partial charge in [-0.2, -0.15) is 0 Å². The first-order chi connectivity index (χ1) is 11.7. The molecule has 0 spiro atoms. The summed E-state index contributed by atoms with van der Waals surface area (Å²) < 4.78 is 16.0. The van der Waals surface area contributed by atoms with Crippen molar-refractivity contribution in [1.82, 2.24) is 4.98 Å². The van der Waals surface area contributed by atoms with Gasteiger partial charge in [0.05, 0.1) is 25.7 Å². The molecule has 0 atom stereocenters. The molecule has 1 amide bonds. The number of ether oxygens (including phenoxy) is 2. The van der Waals surface area contributed by atoms with Crippen molar-refractivity contribution in [2.24, 2.45) is 0 Å². The minimum absolute atomic E-state index is 0.174. The summed E-state index contributed by atoms with van der Waals surface area (Å²) in [6.07, 6.45) is 0. The highest BCUT2D eigenvalue weighted by Crippen LogP contribution is 2.29. The monoisotopic (exact) mass is 344 g/mol. The Bertz CT molecular complexity index is 830. The third kappa shape index (κ3) is 3.62. The Morgan fingerprint density at radius 1 is 1.21 bits per heavy atom. The van der Waals surface area contributed by atoms with Crippen LogP contribution in [0.3, 0.4) is 0 Å². The molecule has 0 radical (unpaired) electrons. The number of rotatable bonds is 6. The Labute approximate surface area is 143 Å². The second kappa shape index (κ2) is 7.27. The summed E-state index contributed by atoms with van der Waals surface area (Å²) in [7, 11) is 3.11. The van der Waals surface area contributed by atoms with Crippen molar-refractivity contribution in [2.75, 3.05) is 25.3 Å². The first kappa shape index (κ1) is 16.2. The minimum atomic E-state index is -0.186. The van der Waals surface area contributed by atoms with E-state index in [0.29, 0.717) is 28.0 Å². The molecule has 0 saturated heterocycles. The number of nitrogens with one attached hydrogen (secondary N) is 1. The Balaban J connectivity index is 1.65. The molecule has 6 nitrogen and oxygen atoms in total. The topological polar surface area (TPSA) is 73.6 Å². The molecule has 0 saturated carbocycles. The van der Waals surface area contributed by atoms with Crippen molar-refractivity contribution in [1.29, 1.82) is 0 Å². The van der Waals surface area contributed by atoms with Crippen molar-refractivity contribution in [3.63, 3.8) is 0 Å². The molecule has 2 aromatic carbocycles. The summed E-state index contributed by atoms with van der Waals surface area (Å²) in [5.41, 5.74) is 2.03. The average molecular weight is 344 g/mol. The fourth-order valence-corrected chi connectivity index (χ4v) is 2.78. The van der Waals surface area contributed by atoms with Gasteiger partial charge in [-0.25, -0.2) is 4.98 Å². The predicted molar refractivity (Wildman–Crippen MR) is 92.9 cm³/mol. The third-order valence-electron chi connectivity index (χ3n) is 3.28. The van der Waals surface area contributed by atoms with Gasteiger partial charge in [-0.05, 0) is 24.3 Å². The number of para-hydroxylation sites is 2. The van der Waals surface area contributed by atoms with Crippen molar-refractivity contribution in [2.45, 2.75) is 5.22 Å². The van der Waals surface area contributed by atoms with Gasteiger partial charge in [-0.3, -0.25) is 4.79 Å². The summed E-state index contributed by atoms with van der Waals surface area (Å²) >= 11 is 1.24. The van der Waals surface area contributed by atoms with Crippen LogP contribution in [0.5, 0.6) is 11.5 Å². The van der Waals surface area contributed by atoms with Gasteiger partial charge < -0.3 is 19.2 Å². The number of anilines is 1. The maximum atomic E-state index is 12.2. The van der Waals surface area contributed by atoms with E-state index in [4.69, 9.17) is 13.9 Å². The van der Waals surface area contributed by atoms with E-state index in [-0.39, 0.29) is 11.7 Å². The molecule has 0 fully saturated rings. The van der Waals surface area contributed by atoms with E-state index < -0.39 is 0 Å². The van der Waals surface area contributed by atoms with Crippen molar-refractivity contribution in [3.05, 3.63) is 42.5 Å². The van der Waals surface area contributed by atoms with Crippen LogP contribution in [-0.4, -0.2) is 30.9 Å². The zero-order chi connectivity index (χ0) is 16.9. The van der Waals surface area contributed by atoms with Crippen LogP contribution in [0.4, 0.5) is 5.69 Å². The molecule has 3 aromatic rings. The molecular weight excluding hydrogens is 328 g/mol. The van der Waals surface area contributed by atoms with Crippen molar-refractivity contribution in [3.8, 4) is 11.5 Å². The van der Waals surface area contributed by atoms with Crippen LogP contribution in [0.25, 0.3) is 11.1 Å². The maximum Gasteiger partial charge on any atom is 0.257 e. The van der Waals surface area contributed by atoms with Crippen molar-refractivity contribution >= 4 is 34.5 Å². The SMILES string of the molecule is COc1ccc(OC)c(NC(=O)CSc2nc3ccccc3o2)c1. The van der Waals surface area contributed by atoms with Crippen LogP contribution in [-0.2, 0) is 4.79 Å². The van der Waals surface area contributed by atoms with Crippen LogP contribution in [0.1, 0.15) is 0 Å². The molecule has 0 aliphatic carbocycles. The summed E-state index contributed by atoms with van der Waals surface area (Å²) in [6, 6.07) is 12.7. The molecule has 1 N–H and O–H groups in total. The van der Waals surface area contributed by atoms with E-state index in [1.807, 2.05) is 24.3 Å². The molecule has 124 valence electrons. The number of aromatic nitrogens is 1. The molecule has 24 heavy (non-hydrogen) atoms. The molecule has 1 aromatic heterocycles. The number of methoxy groups -OCH3 is 2. The average Bonchev–Trinajstić information content (AvgIpc) is 3.03. The number of nitrogens with zero attached hydrogens (tertiary/aromatic N) is 1. The number of fused-ring (bicyclic) bond motifs is 1. The van der Waals surface area contributed by atoms with Gasteiger partial charge in [-0.15, -0.1) is 0 Å². The van der Waals surface area contributed by atoms with Crippen LogP contribution < -0.4 is 14.8 Å². The number of oxazole rings is 1. The lowest BCUT2D eigenvalue weighted by Crippen LogP contribution is -2.14. The number of benzene rings is 2. The smallest absolute Gasteiger partial charge is 0.257 e. The predicted octanol–water partition coefficient (Wildman–Crippen LogP) is 3.58. The number of amides is 1. The number of carbonyl (C=O) groups excluding carboxylic acids is 1. The highest BCUT2D eigenvalue weighted by molar-refractivity contribution is 7.99. The standard InChI is InChI=1S/C17H16N2O4S/c1-21-11-7-8-14(22-2)13(9-11)18-16(20)10-24-17-19-12-5-3-4-6-15(12)23-17/h3-9H,10H2,1-2H3,(H,18,20).